The predicted octanol–water partition coefficient (Wildman–Crippen LogP) is 2.95. The lowest BCUT2D eigenvalue weighted by Gasteiger charge is -2.33. The van der Waals surface area contributed by atoms with E-state index in [0.29, 0.717) is 50.3 Å². The highest BCUT2D eigenvalue weighted by molar-refractivity contribution is 7.89. The topological polar surface area (TPSA) is 126 Å². The number of aromatic nitrogens is 1. The minimum absolute atomic E-state index is 0.0385. The molecule has 0 saturated carbocycles. The van der Waals surface area contributed by atoms with Gasteiger partial charge in [-0.05, 0) is 49.9 Å². The summed E-state index contributed by atoms with van der Waals surface area (Å²) in [6.07, 6.45) is 7.93. The Kier molecular flexibility index (Phi) is 7.42. The van der Waals surface area contributed by atoms with E-state index in [1.165, 1.54) is 28.7 Å². The lowest BCUT2D eigenvalue weighted by molar-refractivity contribution is -0.384. The summed E-state index contributed by atoms with van der Waals surface area (Å²) in [5.41, 5.74) is 0.673. The zero-order chi connectivity index (χ0) is 24.1. The Balaban J connectivity index is 1.46. The molecule has 182 valence electrons. The molecule has 0 spiro atoms. The molecule has 0 unspecified atom stereocenters. The van der Waals surface area contributed by atoms with E-state index in [4.69, 9.17) is 0 Å². The molecule has 4 rings (SSSR count). The molecule has 0 aliphatic carbocycles. The van der Waals surface area contributed by atoms with Crippen LogP contribution in [0.4, 0.5) is 11.4 Å². The molecule has 34 heavy (non-hydrogen) atoms. The van der Waals surface area contributed by atoms with Crippen molar-refractivity contribution in [2.24, 2.45) is 0 Å². The number of piperidine rings is 1. The third-order valence-electron chi connectivity index (χ3n) is 6.44. The normalized spacial score (nSPS) is 18.3. The van der Waals surface area contributed by atoms with Gasteiger partial charge in [-0.15, -0.1) is 0 Å². The number of hydrogen-bond donors (Lipinski definition) is 1. The number of sulfonamides is 1. The van der Waals surface area contributed by atoms with Gasteiger partial charge in [0.15, 0.2) is 0 Å². The average molecular weight is 488 g/mol. The van der Waals surface area contributed by atoms with Crippen molar-refractivity contribution in [3.05, 3.63) is 58.4 Å². The maximum Gasteiger partial charge on any atom is 0.293 e. The molecule has 0 radical (unpaired) electrons. The van der Waals surface area contributed by atoms with Crippen molar-refractivity contribution in [3.8, 4) is 0 Å². The molecule has 2 saturated heterocycles. The van der Waals surface area contributed by atoms with Crippen LogP contribution in [-0.4, -0.2) is 60.8 Å². The molecule has 1 aromatic carbocycles. The van der Waals surface area contributed by atoms with Crippen molar-refractivity contribution in [2.75, 3.05) is 31.1 Å². The van der Waals surface area contributed by atoms with Gasteiger partial charge in [0.25, 0.3) is 11.6 Å². The number of benzene rings is 1. The van der Waals surface area contributed by atoms with E-state index in [9.17, 15) is 23.3 Å². The third kappa shape index (κ3) is 5.36. The number of amides is 1. The largest absolute Gasteiger partial charge is 0.366 e. The molecular formula is C23H29N5O5S. The molecule has 2 fully saturated rings. The summed E-state index contributed by atoms with van der Waals surface area (Å²) in [5.74, 6) is -0.194. The monoisotopic (exact) mass is 487 g/mol. The van der Waals surface area contributed by atoms with E-state index < -0.39 is 14.9 Å². The summed E-state index contributed by atoms with van der Waals surface area (Å²) >= 11 is 0. The molecule has 1 amide bonds. The Morgan fingerprint density at radius 3 is 2.38 bits per heavy atom. The van der Waals surface area contributed by atoms with Gasteiger partial charge in [-0.25, -0.2) is 8.42 Å². The molecule has 0 bridgehead atoms. The van der Waals surface area contributed by atoms with Crippen molar-refractivity contribution in [1.29, 1.82) is 0 Å². The Hall–Kier alpha value is -3.05. The van der Waals surface area contributed by atoms with Gasteiger partial charge in [-0.3, -0.25) is 19.9 Å². The molecule has 11 heteroatoms. The van der Waals surface area contributed by atoms with Crippen LogP contribution in [0, 0.1) is 10.1 Å². The van der Waals surface area contributed by atoms with Crippen LogP contribution in [0.3, 0.4) is 0 Å². The van der Waals surface area contributed by atoms with Crippen molar-refractivity contribution in [2.45, 2.75) is 49.5 Å². The molecule has 1 N–H and O–H groups in total. The number of carbonyl (C=O) groups excluding carboxylic acids is 1. The van der Waals surface area contributed by atoms with Crippen molar-refractivity contribution in [1.82, 2.24) is 14.6 Å². The third-order valence-corrected chi connectivity index (χ3v) is 8.34. The molecular weight excluding hydrogens is 458 g/mol. The van der Waals surface area contributed by atoms with E-state index in [0.717, 1.165) is 25.7 Å². The summed E-state index contributed by atoms with van der Waals surface area (Å²) in [4.78, 5) is 29.5. The van der Waals surface area contributed by atoms with Crippen LogP contribution in [0.1, 0.15) is 48.9 Å². The Bertz CT molecular complexity index is 1130. The van der Waals surface area contributed by atoms with Gasteiger partial charge >= 0.3 is 0 Å². The van der Waals surface area contributed by atoms with E-state index in [1.54, 1.807) is 18.3 Å². The average Bonchev–Trinajstić information content (AvgIpc) is 3.15. The maximum absolute atomic E-state index is 13.1. The number of rotatable bonds is 6. The number of nitro benzene ring substituents is 1. The molecule has 1 aromatic heterocycles. The van der Waals surface area contributed by atoms with Gasteiger partial charge in [0.05, 0.1) is 15.4 Å². The van der Waals surface area contributed by atoms with E-state index in [-0.39, 0.29) is 22.5 Å². The quantitative estimate of drug-likeness (QED) is 0.490. The lowest BCUT2D eigenvalue weighted by Crippen LogP contribution is -2.44. The van der Waals surface area contributed by atoms with Gasteiger partial charge < -0.3 is 10.2 Å². The molecule has 10 nitrogen and oxygen atoms in total. The predicted molar refractivity (Wildman–Crippen MR) is 127 cm³/mol. The number of hydrogen-bond acceptors (Lipinski definition) is 7. The Morgan fingerprint density at radius 1 is 1.06 bits per heavy atom. The van der Waals surface area contributed by atoms with Crippen molar-refractivity contribution >= 4 is 27.3 Å². The fourth-order valence-corrected chi connectivity index (χ4v) is 6.08. The maximum atomic E-state index is 13.1. The summed E-state index contributed by atoms with van der Waals surface area (Å²) in [6, 6.07) is 7.54. The summed E-state index contributed by atoms with van der Waals surface area (Å²) in [7, 11) is -3.78. The first-order valence-corrected chi connectivity index (χ1v) is 13.0. The molecule has 2 aliphatic heterocycles. The SMILES string of the molecule is O=C(NC1CCN(c2ccc(S(=O)(=O)N3CCCCCC3)cc2[N+](=O)[O-])CC1)c1cccnc1. The summed E-state index contributed by atoms with van der Waals surface area (Å²) < 4.78 is 27.7. The van der Waals surface area contributed by atoms with E-state index in [1.807, 2.05) is 4.90 Å². The standard InChI is InChI=1S/C23H29N5O5S/c29-23(18-6-5-11-24-17-18)25-19-9-14-26(15-10-19)21-8-7-20(16-22(21)28(30)31)34(32,33)27-12-3-1-2-4-13-27/h5-8,11,16-17,19H,1-4,9-10,12-15H2,(H,25,29). The van der Waals surface area contributed by atoms with Gasteiger partial charge in [0.2, 0.25) is 10.0 Å². The number of carbonyl (C=O) groups is 1. The van der Waals surface area contributed by atoms with Gasteiger partial charge in [-0.1, -0.05) is 12.8 Å². The molecule has 2 aromatic rings. The number of nitro groups is 1. The second kappa shape index (κ2) is 10.5. The van der Waals surface area contributed by atoms with Crippen LogP contribution in [0.25, 0.3) is 0 Å². The summed E-state index contributed by atoms with van der Waals surface area (Å²) in [6.45, 7) is 1.90. The number of nitrogens with zero attached hydrogens (tertiary/aromatic N) is 4. The van der Waals surface area contributed by atoms with Crippen LogP contribution in [0.15, 0.2) is 47.6 Å². The van der Waals surface area contributed by atoms with Gasteiger partial charge in [0, 0.05) is 50.7 Å². The number of pyridine rings is 1. The first-order chi connectivity index (χ1) is 16.4. The summed E-state index contributed by atoms with van der Waals surface area (Å²) in [5, 5.41) is 14.8. The van der Waals surface area contributed by atoms with Crippen LogP contribution in [-0.2, 0) is 10.0 Å². The van der Waals surface area contributed by atoms with Crippen LogP contribution in [0.2, 0.25) is 0 Å². The van der Waals surface area contributed by atoms with Crippen molar-refractivity contribution < 1.29 is 18.1 Å². The minimum atomic E-state index is -3.78. The fourth-order valence-electron chi connectivity index (χ4n) is 4.54. The number of nitrogens with one attached hydrogen (secondary N) is 1. The zero-order valence-corrected chi connectivity index (χ0v) is 19.7. The minimum Gasteiger partial charge on any atom is -0.366 e. The van der Waals surface area contributed by atoms with Crippen LogP contribution < -0.4 is 10.2 Å². The lowest BCUT2D eigenvalue weighted by atomic mass is 10.0. The molecule has 2 aliphatic rings. The van der Waals surface area contributed by atoms with Crippen molar-refractivity contribution in [3.63, 3.8) is 0 Å². The van der Waals surface area contributed by atoms with Crippen LogP contribution >= 0.6 is 0 Å². The zero-order valence-electron chi connectivity index (χ0n) is 18.9. The fraction of sp³-hybridized carbons (Fsp3) is 0.478. The molecule has 0 atom stereocenters. The first-order valence-electron chi connectivity index (χ1n) is 11.6. The van der Waals surface area contributed by atoms with E-state index >= 15 is 0 Å². The number of anilines is 1. The highest BCUT2D eigenvalue weighted by Crippen LogP contribution is 2.34. The Labute approximate surface area is 199 Å². The van der Waals surface area contributed by atoms with Crippen LogP contribution in [0.5, 0.6) is 0 Å². The van der Waals surface area contributed by atoms with E-state index in [2.05, 4.69) is 10.3 Å². The highest BCUT2D eigenvalue weighted by atomic mass is 32.2. The first kappa shape index (κ1) is 24.1. The van der Waals surface area contributed by atoms with Gasteiger partial charge in [-0.2, -0.15) is 4.31 Å². The smallest absolute Gasteiger partial charge is 0.293 e. The second-order valence-electron chi connectivity index (χ2n) is 8.70. The Morgan fingerprint density at radius 2 is 1.76 bits per heavy atom. The highest BCUT2D eigenvalue weighted by Gasteiger charge is 2.30. The second-order valence-corrected chi connectivity index (χ2v) is 10.6. The molecule has 3 heterocycles. The van der Waals surface area contributed by atoms with Gasteiger partial charge in [0.1, 0.15) is 5.69 Å².